The van der Waals surface area contributed by atoms with Gasteiger partial charge in [0.05, 0.1) is 6.61 Å². The molecule has 42 heavy (non-hydrogen) atoms. The van der Waals surface area contributed by atoms with Crippen LogP contribution in [0.25, 0.3) is 0 Å². The van der Waals surface area contributed by atoms with Crippen LogP contribution in [0.15, 0.2) is 71.2 Å². The fraction of sp³-hybridized carbons (Fsp3) is 0.345. The number of β-lactam (4-membered cyclic amide) rings is 1. The summed E-state index contributed by atoms with van der Waals surface area (Å²) in [6.45, 7) is 2.15. The zero-order valence-electron chi connectivity index (χ0n) is 23.1. The van der Waals surface area contributed by atoms with Crippen molar-refractivity contribution in [3.63, 3.8) is 0 Å². The van der Waals surface area contributed by atoms with Gasteiger partial charge >= 0.3 is 5.97 Å². The second-order valence-electron chi connectivity index (χ2n) is 9.87. The highest BCUT2D eigenvalue weighted by Gasteiger charge is 2.58. The van der Waals surface area contributed by atoms with E-state index < -0.39 is 29.4 Å². The lowest BCUT2D eigenvalue weighted by Crippen LogP contribution is -2.74. The molecular formula is C29H31N5O6S2. The summed E-state index contributed by atoms with van der Waals surface area (Å²) in [5.41, 5.74) is 6.50. The number of amides is 2. The van der Waals surface area contributed by atoms with Crippen LogP contribution >= 0.6 is 23.1 Å². The molecule has 2 aliphatic rings. The Morgan fingerprint density at radius 3 is 2.40 bits per heavy atom. The van der Waals surface area contributed by atoms with E-state index in [-0.39, 0.29) is 47.6 Å². The first-order valence-electron chi connectivity index (χ1n) is 13.3. The number of rotatable bonds is 11. The number of fused-ring (bicyclic) bond motifs is 1. The van der Waals surface area contributed by atoms with Crippen molar-refractivity contribution >= 4 is 51.7 Å². The zero-order chi connectivity index (χ0) is 29.7. The smallest absolute Gasteiger partial charge is 0.318 e. The van der Waals surface area contributed by atoms with Crippen LogP contribution in [0.1, 0.15) is 29.8 Å². The summed E-state index contributed by atoms with van der Waals surface area (Å²) >= 11 is 2.56. The van der Waals surface area contributed by atoms with E-state index in [0.717, 1.165) is 22.5 Å². The van der Waals surface area contributed by atoms with Crippen molar-refractivity contribution in [3.8, 4) is 0 Å². The van der Waals surface area contributed by atoms with Crippen molar-refractivity contribution in [1.29, 1.82) is 0 Å². The van der Waals surface area contributed by atoms with Gasteiger partial charge in [-0.05, 0) is 18.1 Å². The number of nitrogen functional groups attached to an aromatic ring is 1. The molecule has 0 bridgehead atoms. The van der Waals surface area contributed by atoms with Crippen molar-refractivity contribution in [2.75, 3.05) is 38.4 Å². The Morgan fingerprint density at radius 1 is 1.17 bits per heavy atom. The molecule has 3 aromatic rings. The van der Waals surface area contributed by atoms with E-state index in [4.69, 9.17) is 20.0 Å². The molecule has 13 heteroatoms. The SMILES string of the molecule is CCON=C(C(=O)NC1C(=O)N2CC(COC)(C(=O)OC(c3ccccc3)c3ccccc3)CS[C@H]12)c1csc(N)n1. The van der Waals surface area contributed by atoms with Gasteiger partial charge in [-0.25, -0.2) is 4.98 Å². The van der Waals surface area contributed by atoms with E-state index in [1.807, 2.05) is 60.7 Å². The van der Waals surface area contributed by atoms with Gasteiger partial charge in [-0.3, -0.25) is 14.4 Å². The number of benzene rings is 2. The number of thioether (sulfide) groups is 1. The Kier molecular flexibility index (Phi) is 9.09. The Bertz CT molecular complexity index is 1410. The fourth-order valence-electron chi connectivity index (χ4n) is 4.93. The van der Waals surface area contributed by atoms with Crippen molar-refractivity contribution in [2.45, 2.75) is 24.4 Å². The number of oxime groups is 1. The maximum atomic E-state index is 13.9. The average molecular weight is 610 g/mol. The number of anilines is 1. The van der Waals surface area contributed by atoms with Crippen molar-refractivity contribution in [2.24, 2.45) is 10.6 Å². The lowest BCUT2D eigenvalue weighted by molar-refractivity contribution is -0.169. The topological polar surface area (TPSA) is 145 Å². The Labute approximate surface area is 251 Å². The average Bonchev–Trinajstić information content (AvgIpc) is 3.45. The molecule has 220 valence electrons. The number of nitrogens with one attached hydrogen (secondary N) is 1. The Hall–Kier alpha value is -3.94. The number of esters is 1. The van der Waals surface area contributed by atoms with Gasteiger partial charge in [0.1, 0.15) is 29.1 Å². The number of ether oxygens (including phenoxy) is 2. The number of methoxy groups -OCH3 is 1. The molecule has 0 spiro atoms. The maximum Gasteiger partial charge on any atom is 0.318 e. The molecule has 0 aliphatic carbocycles. The molecule has 2 saturated heterocycles. The van der Waals surface area contributed by atoms with Crippen LogP contribution in [0.2, 0.25) is 0 Å². The van der Waals surface area contributed by atoms with Crippen LogP contribution in [0.5, 0.6) is 0 Å². The number of carbonyl (C=O) groups excluding carboxylic acids is 3. The largest absolute Gasteiger partial charge is 0.452 e. The monoisotopic (exact) mass is 609 g/mol. The van der Waals surface area contributed by atoms with Crippen molar-refractivity contribution in [3.05, 3.63) is 82.9 Å². The molecular weight excluding hydrogens is 578 g/mol. The molecule has 3 heterocycles. The van der Waals surface area contributed by atoms with Gasteiger partial charge in [0.15, 0.2) is 16.9 Å². The van der Waals surface area contributed by atoms with Crippen LogP contribution in [0.4, 0.5) is 5.13 Å². The normalized spacial score (nSPS) is 21.8. The highest BCUT2D eigenvalue weighted by Crippen LogP contribution is 2.44. The minimum absolute atomic E-state index is 0.0676. The number of carbonyl (C=O) groups is 3. The molecule has 3 N–H and O–H groups in total. The zero-order valence-corrected chi connectivity index (χ0v) is 24.7. The Morgan fingerprint density at radius 2 is 1.83 bits per heavy atom. The van der Waals surface area contributed by atoms with E-state index in [1.54, 1.807) is 17.2 Å². The molecule has 3 atom stereocenters. The van der Waals surface area contributed by atoms with Gasteiger partial charge in [-0.15, -0.1) is 23.1 Å². The lowest BCUT2D eigenvalue weighted by atomic mass is 9.87. The van der Waals surface area contributed by atoms with E-state index in [2.05, 4.69) is 15.5 Å². The summed E-state index contributed by atoms with van der Waals surface area (Å²) in [5, 5.41) is 8.16. The minimum Gasteiger partial charge on any atom is -0.452 e. The predicted octanol–water partition coefficient (Wildman–Crippen LogP) is 2.83. The fourth-order valence-corrected chi connectivity index (χ4v) is 6.99. The van der Waals surface area contributed by atoms with Crippen LogP contribution < -0.4 is 11.1 Å². The van der Waals surface area contributed by atoms with Gasteiger partial charge in [0, 0.05) is 24.8 Å². The van der Waals surface area contributed by atoms with E-state index in [0.29, 0.717) is 5.75 Å². The summed E-state index contributed by atoms with van der Waals surface area (Å²) in [4.78, 5) is 51.1. The molecule has 2 aromatic carbocycles. The highest BCUT2D eigenvalue weighted by atomic mass is 32.2. The second-order valence-corrected chi connectivity index (χ2v) is 11.9. The summed E-state index contributed by atoms with van der Waals surface area (Å²) in [7, 11) is 1.52. The van der Waals surface area contributed by atoms with Crippen LogP contribution in [0.3, 0.4) is 0 Å². The van der Waals surface area contributed by atoms with E-state index in [9.17, 15) is 14.4 Å². The van der Waals surface area contributed by atoms with Crippen molar-refractivity contribution < 1.29 is 28.7 Å². The van der Waals surface area contributed by atoms with Gasteiger partial charge in [0.25, 0.3) is 5.91 Å². The van der Waals surface area contributed by atoms with Crippen LogP contribution in [0, 0.1) is 5.41 Å². The summed E-state index contributed by atoms with van der Waals surface area (Å²) < 4.78 is 11.7. The first-order valence-corrected chi connectivity index (χ1v) is 15.2. The summed E-state index contributed by atoms with van der Waals surface area (Å²) in [6, 6.07) is 18.2. The first-order chi connectivity index (χ1) is 20.4. The number of nitrogens with two attached hydrogens (primary N) is 1. The van der Waals surface area contributed by atoms with E-state index >= 15 is 0 Å². The molecule has 5 rings (SSSR count). The highest BCUT2D eigenvalue weighted by molar-refractivity contribution is 8.00. The number of hydrogen-bond acceptors (Lipinski definition) is 11. The molecule has 2 amide bonds. The van der Waals surface area contributed by atoms with Crippen molar-refractivity contribution in [1.82, 2.24) is 15.2 Å². The van der Waals surface area contributed by atoms with Gasteiger partial charge in [-0.1, -0.05) is 65.8 Å². The summed E-state index contributed by atoms with van der Waals surface area (Å²) in [6.07, 6.45) is -0.627. The number of aromatic nitrogens is 1. The van der Waals surface area contributed by atoms with Crippen LogP contribution in [-0.4, -0.2) is 77.4 Å². The molecule has 0 radical (unpaired) electrons. The number of nitrogens with zero attached hydrogens (tertiary/aromatic N) is 3. The number of hydrogen-bond donors (Lipinski definition) is 2. The number of thiazole rings is 1. The predicted molar refractivity (Wildman–Crippen MR) is 160 cm³/mol. The van der Waals surface area contributed by atoms with E-state index in [1.165, 1.54) is 18.9 Å². The Balaban J connectivity index is 1.31. The third kappa shape index (κ3) is 5.98. The minimum atomic E-state index is -1.10. The standard InChI is InChI=1S/C29H31N5O6S2/c1-3-39-33-21(20-14-41-28(30)31-20)24(35)32-22-25(36)34-15-29(16-38-2,17-42-26(22)34)27(37)40-23(18-10-6-4-7-11-18)19-12-8-5-9-13-19/h4-14,22-23,26H,3,15-17H2,1-2H3,(H2,30,31)(H,32,35)/t22?,26-,29?/m1/s1. The molecule has 1 aromatic heterocycles. The van der Waals surface area contributed by atoms with Gasteiger partial charge in [0.2, 0.25) is 5.91 Å². The third-order valence-electron chi connectivity index (χ3n) is 6.98. The van der Waals surface area contributed by atoms with Gasteiger partial charge < -0.3 is 30.3 Å². The second kappa shape index (κ2) is 12.9. The molecule has 11 nitrogen and oxygen atoms in total. The lowest BCUT2D eigenvalue weighted by Gasteiger charge is -2.54. The molecule has 2 unspecified atom stereocenters. The third-order valence-corrected chi connectivity index (χ3v) is 9.24. The summed E-state index contributed by atoms with van der Waals surface area (Å²) in [5.74, 6) is -1.04. The first kappa shape index (κ1) is 29.5. The molecule has 2 fully saturated rings. The quantitative estimate of drug-likeness (QED) is 0.145. The maximum absolute atomic E-state index is 13.9. The van der Waals surface area contributed by atoms with Crippen LogP contribution in [-0.2, 0) is 28.7 Å². The molecule has 2 aliphatic heterocycles. The molecule has 0 saturated carbocycles. The van der Waals surface area contributed by atoms with Gasteiger partial charge in [-0.2, -0.15) is 0 Å².